The van der Waals surface area contributed by atoms with Gasteiger partial charge in [-0.15, -0.1) is 0 Å². The minimum absolute atomic E-state index is 0.00822. The zero-order valence-electron chi connectivity index (χ0n) is 16.9. The third kappa shape index (κ3) is 6.25. The Balaban J connectivity index is 1.76. The first-order valence-electron chi connectivity index (χ1n) is 10.3. The molecule has 0 heterocycles. The fourth-order valence-corrected chi connectivity index (χ4v) is 4.28. The van der Waals surface area contributed by atoms with Crippen molar-refractivity contribution in [3.63, 3.8) is 0 Å². The Morgan fingerprint density at radius 1 is 0.800 bits per heavy atom. The van der Waals surface area contributed by atoms with Gasteiger partial charge in [0.25, 0.3) is 5.91 Å². The number of para-hydroxylation sites is 2. The molecule has 0 radical (unpaired) electrons. The van der Waals surface area contributed by atoms with Crippen molar-refractivity contribution in [1.82, 2.24) is 5.32 Å². The Labute approximate surface area is 198 Å². The van der Waals surface area contributed by atoms with Crippen molar-refractivity contribution in [1.29, 1.82) is 0 Å². The van der Waals surface area contributed by atoms with E-state index in [0.29, 0.717) is 6.54 Å². The van der Waals surface area contributed by atoms with Crippen molar-refractivity contribution in [3.05, 3.63) is 88.0 Å². The van der Waals surface area contributed by atoms with Crippen LogP contribution >= 0.6 is 35.2 Å². The number of hydrogen-bond acceptors (Lipinski definition) is 3. The van der Waals surface area contributed by atoms with Crippen LogP contribution in [0.15, 0.2) is 78.9 Å². The number of carbonyl (C=O) groups is 1. The van der Waals surface area contributed by atoms with Crippen LogP contribution in [-0.2, 0) is 0 Å². The summed E-state index contributed by atoms with van der Waals surface area (Å²) in [6.07, 6.45) is 4.43. The lowest BCUT2D eigenvalue weighted by molar-refractivity contribution is 0.0952. The van der Waals surface area contributed by atoms with Crippen LogP contribution in [-0.4, -0.2) is 18.2 Å². The van der Waals surface area contributed by atoms with Gasteiger partial charge < -0.3 is 10.2 Å². The molecule has 1 N–H and O–H groups in total. The molecule has 156 valence electrons. The van der Waals surface area contributed by atoms with Crippen molar-refractivity contribution < 1.29 is 4.79 Å². The van der Waals surface area contributed by atoms with Crippen LogP contribution in [0.4, 0.5) is 17.1 Å². The molecular weight excluding hydrogens is 503 g/mol. The molecule has 0 fully saturated rings. The van der Waals surface area contributed by atoms with Crippen molar-refractivity contribution in [2.24, 2.45) is 0 Å². The lowest BCUT2D eigenvalue weighted by Crippen LogP contribution is -2.25. The second kappa shape index (κ2) is 12.0. The third-order valence-corrected chi connectivity index (χ3v) is 6.06. The Kier molecular flexibility index (Phi) is 9.08. The molecule has 3 nitrogen and oxygen atoms in total. The van der Waals surface area contributed by atoms with Gasteiger partial charge in [0.15, 0.2) is 0 Å². The van der Waals surface area contributed by atoms with Crippen LogP contribution in [0.1, 0.15) is 36.0 Å². The molecule has 1 amide bonds. The van der Waals surface area contributed by atoms with Gasteiger partial charge in [0.2, 0.25) is 0 Å². The molecule has 5 heteroatoms. The normalized spacial score (nSPS) is 10.6. The van der Waals surface area contributed by atoms with Crippen molar-refractivity contribution >= 4 is 58.2 Å². The van der Waals surface area contributed by atoms with Gasteiger partial charge in [-0.1, -0.05) is 49.2 Å². The summed E-state index contributed by atoms with van der Waals surface area (Å²) in [5, 5.41) is 3.05. The topological polar surface area (TPSA) is 32.3 Å². The Morgan fingerprint density at radius 2 is 1.40 bits per heavy atom. The van der Waals surface area contributed by atoms with Gasteiger partial charge in [-0.25, -0.2) is 0 Å². The summed E-state index contributed by atoms with van der Waals surface area (Å²) in [6, 6.07) is 26.6. The number of carbonyl (C=O) groups excluding carboxylic acids is 1. The van der Waals surface area contributed by atoms with E-state index < -0.39 is 0 Å². The SMILES string of the molecule is O=C(NCCCCCCS)c1ccc(N(c2ccccc2)c2ccccc2)cc1I. The van der Waals surface area contributed by atoms with E-state index in [1.165, 1.54) is 6.42 Å². The molecule has 0 bridgehead atoms. The van der Waals surface area contributed by atoms with E-state index in [1.807, 2.05) is 48.5 Å². The van der Waals surface area contributed by atoms with Gasteiger partial charge in [0, 0.05) is 27.2 Å². The number of anilines is 3. The van der Waals surface area contributed by atoms with E-state index in [9.17, 15) is 4.79 Å². The summed E-state index contributed by atoms with van der Waals surface area (Å²) in [6.45, 7) is 0.712. The Bertz CT molecular complexity index is 895. The number of rotatable bonds is 10. The van der Waals surface area contributed by atoms with Crippen molar-refractivity contribution in [2.45, 2.75) is 25.7 Å². The molecule has 3 aromatic carbocycles. The number of unbranched alkanes of at least 4 members (excludes halogenated alkanes) is 3. The van der Waals surface area contributed by atoms with Gasteiger partial charge >= 0.3 is 0 Å². The molecule has 0 atom stereocenters. The van der Waals surface area contributed by atoms with Gasteiger partial charge in [-0.3, -0.25) is 4.79 Å². The average Bonchev–Trinajstić information content (AvgIpc) is 2.78. The molecule has 0 aliphatic rings. The first-order chi connectivity index (χ1) is 14.7. The fraction of sp³-hybridized carbons (Fsp3) is 0.240. The number of benzene rings is 3. The number of halogens is 1. The van der Waals surface area contributed by atoms with E-state index in [1.54, 1.807) is 0 Å². The monoisotopic (exact) mass is 530 g/mol. The minimum atomic E-state index is -0.00822. The highest BCUT2D eigenvalue weighted by molar-refractivity contribution is 14.1. The van der Waals surface area contributed by atoms with Crippen LogP contribution in [0.2, 0.25) is 0 Å². The maximum atomic E-state index is 12.6. The standard InChI is InChI=1S/C25H27IN2OS/c26-24-19-22(15-16-23(24)25(29)27-17-9-1-2-10-18-30)28(20-11-5-3-6-12-20)21-13-7-4-8-14-21/h3-8,11-16,19,30H,1-2,9-10,17-18H2,(H,27,29). The summed E-state index contributed by atoms with van der Waals surface area (Å²) in [5.41, 5.74) is 3.91. The smallest absolute Gasteiger partial charge is 0.252 e. The molecule has 3 rings (SSSR count). The Morgan fingerprint density at radius 3 is 1.97 bits per heavy atom. The summed E-state index contributed by atoms with van der Waals surface area (Å²) in [7, 11) is 0. The number of amides is 1. The highest BCUT2D eigenvalue weighted by atomic mass is 127. The highest BCUT2D eigenvalue weighted by Gasteiger charge is 2.15. The predicted octanol–water partition coefficient (Wildman–Crippen LogP) is 6.98. The minimum Gasteiger partial charge on any atom is -0.352 e. The average molecular weight is 530 g/mol. The largest absolute Gasteiger partial charge is 0.352 e. The zero-order valence-corrected chi connectivity index (χ0v) is 20.0. The Hall–Kier alpha value is -1.99. The molecule has 0 saturated carbocycles. The van der Waals surface area contributed by atoms with Crippen LogP contribution in [0, 0.1) is 3.57 Å². The molecule has 0 saturated heterocycles. The molecule has 0 aliphatic heterocycles. The number of hydrogen-bond donors (Lipinski definition) is 2. The molecule has 3 aromatic rings. The summed E-state index contributed by atoms with van der Waals surface area (Å²) in [4.78, 5) is 14.8. The van der Waals surface area contributed by atoms with E-state index in [0.717, 1.165) is 51.2 Å². The second-order valence-corrected chi connectivity index (χ2v) is 8.67. The zero-order chi connectivity index (χ0) is 21.2. The number of nitrogens with zero attached hydrogens (tertiary/aromatic N) is 1. The predicted molar refractivity (Wildman–Crippen MR) is 138 cm³/mol. The molecule has 30 heavy (non-hydrogen) atoms. The first kappa shape index (κ1) is 22.7. The van der Waals surface area contributed by atoms with Gasteiger partial charge in [-0.05, 0) is 83.6 Å². The summed E-state index contributed by atoms with van der Waals surface area (Å²) in [5.74, 6) is 0.922. The summed E-state index contributed by atoms with van der Waals surface area (Å²) < 4.78 is 0.939. The summed E-state index contributed by atoms with van der Waals surface area (Å²) >= 11 is 6.49. The third-order valence-electron chi connectivity index (χ3n) is 4.85. The van der Waals surface area contributed by atoms with Gasteiger partial charge in [0.05, 0.1) is 5.56 Å². The second-order valence-electron chi connectivity index (χ2n) is 7.06. The molecular formula is C25H27IN2OS. The van der Waals surface area contributed by atoms with Gasteiger partial charge in [0.1, 0.15) is 0 Å². The number of nitrogens with one attached hydrogen (secondary N) is 1. The quantitative estimate of drug-likeness (QED) is 0.168. The first-order valence-corrected chi connectivity index (χ1v) is 12.0. The molecule has 0 unspecified atom stereocenters. The molecule has 0 spiro atoms. The van der Waals surface area contributed by atoms with Crippen LogP contribution in [0.5, 0.6) is 0 Å². The fourth-order valence-electron chi connectivity index (χ4n) is 3.32. The van der Waals surface area contributed by atoms with Crippen molar-refractivity contribution in [3.8, 4) is 0 Å². The van der Waals surface area contributed by atoms with E-state index >= 15 is 0 Å². The van der Waals surface area contributed by atoms with Gasteiger partial charge in [-0.2, -0.15) is 12.6 Å². The van der Waals surface area contributed by atoms with Crippen molar-refractivity contribution in [2.75, 3.05) is 17.2 Å². The van der Waals surface area contributed by atoms with Crippen LogP contribution in [0.25, 0.3) is 0 Å². The highest BCUT2D eigenvalue weighted by Crippen LogP contribution is 2.35. The van der Waals surface area contributed by atoms with E-state index in [2.05, 4.69) is 75.8 Å². The maximum absolute atomic E-state index is 12.6. The molecule has 0 aromatic heterocycles. The van der Waals surface area contributed by atoms with E-state index in [4.69, 9.17) is 0 Å². The van der Waals surface area contributed by atoms with Crippen LogP contribution in [0.3, 0.4) is 0 Å². The molecule has 0 aliphatic carbocycles. The number of thiol groups is 1. The lowest BCUT2D eigenvalue weighted by Gasteiger charge is -2.26. The van der Waals surface area contributed by atoms with Crippen LogP contribution < -0.4 is 10.2 Å². The maximum Gasteiger partial charge on any atom is 0.252 e. The lowest BCUT2D eigenvalue weighted by atomic mass is 10.1. The van der Waals surface area contributed by atoms with E-state index in [-0.39, 0.29) is 5.91 Å².